The van der Waals surface area contributed by atoms with Crippen LogP contribution in [-0.2, 0) is 0 Å². The van der Waals surface area contributed by atoms with Crippen molar-refractivity contribution >= 4 is 75.4 Å². The SMILES string of the molecule is O=Cc1cc2cc(c1)Oc1cc(c([N+](=O)[O-])cc1[N+](=O)[O-])Oc1cc(cc(-c3c4nc(c(-c5ccccc5)c5ccc([nH]5)c(-c5ccccc5)c5nc(c(-c6ccccc6)c6ccc3[nH]6)C=C5)C=C4)c1)Oc1cc(c([N+](=O)[O-])cc1[N+](=O)[O-])O2. The van der Waals surface area contributed by atoms with Crippen molar-refractivity contribution in [2.24, 2.45) is 0 Å². The maximum absolute atomic E-state index is 12.9. The van der Waals surface area contributed by atoms with Crippen LogP contribution in [0, 0.1) is 40.5 Å². The molecule has 13 rings (SSSR count). The van der Waals surface area contributed by atoms with Gasteiger partial charge in [-0.3, -0.25) is 45.3 Å². The highest BCUT2D eigenvalue weighted by Gasteiger charge is 2.32. The van der Waals surface area contributed by atoms with Crippen molar-refractivity contribution in [1.82, 2.24) is 19.9 Å². The van der Waals surface area contributed by atoms with E-state index in [0.29, 0.717) is 57.8 Å². The lowest BCUT2D eigenvalue weighted by molar-refractivity contribution is -0.395. The molecule has 21 heteroatoms. The number of H-pyrrole nitrogens is 2. The molecule has 0 atom stereocenters. The molecule has 0 saturated heterocycles. The normalized spacial score (nSPS) is 12.0. The molecule has 21 nitrogen and oxygen atoms in total. The lowest BCUT2D eigenvalue weighted by Gasteiger charge is -2.16. The molecule has 0 saturated carbocycles. The number of ether oxygens (including phenoxy) is 4. The fraction of sp³-hybridized carbons (Fsp3) is 0. The fourth-order valence-electron chi connectivity index (χ4n) is 10.3. The van der Waals surface area contributed by atoms with Crippen LogP contribution in [0.4, 0.5) is 22.7 Å². The number of nitro groups is 4. The molecule has 6 heterocycles. The Labute approximate surface area is 472 Å². The lowest BCUT2D eigenvalue weighted by Crippen LogP contribution is -2.01. The molecule has 3 aromatic heterocycles. The van der Waals surface area contributed by atoms with Gasteiger partial charge in [0, 0.05) is 74.1 Å². The van der Waals surface area contributed by atoms with Crippen LogP contribution >= 0.6 is 0 Å². The highest BCUT2D eigenvalue weighted by atomic mass is 16.6. The van der Waals surface area contributed by atoms with Gasteiger partial charge in [0.05, 0.1) is 42.5 Å². The van der Waals surface area contributed by atoms with Gasteiger partial charge in [-0.1, -0.05) is 91.0 Å². The smallest absolute Gasteiger partial charge is 0.318 e. The number of aromatic amines is 2. The molecular formula is C63H36N8O13. The van der Waals surface area contributed by atoms with Crippen molar-refractivity contribution in [1.29, 1.82) is 0 Å². The van der Waals surface area contributed by atoms with Gasteiger partial charge < -0.3 is 28.9 Å². The van der Waals surface area contributed by atoms with E-state index in [1.54, 1.807) is 6.08 Å². The monoisotopic (exact) mass is 1110 g/mol. The summed E-state index contributed by atoms with van der Waals surface area (Å²) in [6, 6.07) is 47.8. The summed E-state index contributed by atoms with van der Waals surface area (Å²) < 4.78 is 24.8. The molecule has 0 aliphatic carbocycles. The number of carbonyl (C=O) groups is 1. The van der Waals surface area contributed by atoms with E-state index >= 15 is 0 Å². The van der Waals surface area contributed by atoms with E-state index in [-0.39, 0.29) is 34.1 Å². The molecule has 0 unspecified atom stereocenters. The summed E-state index contributed by atoms with van der Waals surface area (Å²) in [5.74, 6) is -3.30. The predicted octanol–water partition coefficient (Wildman–Crippen LogP) is 16.3. The van der Waals surface area contributed by atoms with Gasteiger partial charge in [-0.05, 0) is 95.1 Å². The summed E-state index contributed by atoms with van der Waals surface area (Å²) in [5.41, 5.74) is 6.69. The maximum Gasteiger partial charge on any atom is 0.318 e. The second kappa shape index (κ2) is 20.7. The second-order valence-corrected chi connectivity index (χ2v) is 19.2. The Bertz CT molecular complexity index is 4550. The Balaban J connectivity index is 1.13. The zero-order valence-corrected chi connectivity index (χ0v) is 43.1. The minimum atomic E-state index is -0.915. The van der Waals surface area contributed by atoms with Crippen molar-refractivity contribution in [3.05, 3.63) is 245 Å². The number of aldehydes is 1. The number of aromatic nitrogens is 4. The third-order valence-corrected chi connectivity index (χ3v) is 13.9. The lowest BCUT2D eigenvalue weighted by atomic mass is 10.0. The molecule has 10 aromatic rings. The highest BCUT2D eigenvalue weighted by Crippen LogP contribution is 2.49. The zero-order valence-electron chi connectivity index (χ0n) is 43.1. The van der Waals surface area contributed by atoms with E-state index in [4.69, 9.17) is 28.9 Å². The summed E-state index contributed by atoms with van der Waals surface area (Å²) >= 11 is 0. The summed E-state index contributed by atoms with van der Waals surface area (Å²) in [4.78, 5) is 77.5. The van der Waals surface area contributed by atoms with E-state index in [2.05, 4.69) is 9.97 Å². The minimum Gasteiger partial charge on any atom is -0.450 e. The summed E-state index contributed by atoms with van der Waals surface area (Å²) in [5, 5.41) is 50.9. The number of hydrogen-bond donors (Lipinski definition) is 2. The highest BCUT2D eigenvalue weighted by molar-refractivity contribution is 6.00. The van der Waals surface area contributed by atoms with Gasteiger partial charge in [0.15, 0.2) is 0 Å². The van der Waals surface area contributed by atoms with Crippen LogP contribution < -0.4 is 18.9 Å². The van der Waals surface area contributed by atoms with E-state index in [1.807, 2.05) is 133 Å². The molecule has 3 aliphatic heterocycles. The Morgan fingerprint density at radius 1 is 0.345 bits per heavy atom. The van der Waals surface area contributed by atoms with Crippen molar-refractivity contribution in [3.8, 4) is 90.5 Å². The Kier molecular flexibility index (Phi) is 12.6. The van der Waals surface area contributed by atoms with E-state index in [1.165, 1.54) is 18.2 Å². The molecule has 16 bridgehead atoms. The van der Waals surface area contributed by atoms with Crippen LogP contribution in [0.15, 0.2) is 176 Å². The first-order chi connectivity index (χ1) is 40.8. The van der Waals surface area contributed by atoms with Gasteiger partial charge in [0.25, 0.3) is 0 Å². The molecule has 7 aromatic carbocycles. The Morgan fingerprint density at radius 3 is 0.917 bits per heavy atom. The summed E-state index contributed by atoms with van der Waals surface area (Å²) in [6.45, 7) is 0. The molecular weight excluding hydrogens is 1080 g/mol. The second-order valence-electron chi connectivity index (χ2n) is 19.2. The number of nitro benzene ring substituents is 4. The number of nitrogens with one attached hydrogen (secondary N) is 2. The number of hydrogen-bond acceptors (Lipinski definition) is 15. The Hall–Kier alpha value is -12.4. The zero-order chi connectivity index (χ0) is 57.8. The largest absolute Gasteiger partial charge is 0.450 e. The first kappa shape index (κ1) is 51.1. The summed E-state index contributed by atoms with van der Waals surface area (Å²) in [7, 11) is 0. The first-order valence-corrected chi connectivity index (χ1v) is 25.6. The van der Waals surface area contributed by atoms with Crippen molar-refractivity contribution in [2.45, 2.75) is 0 Å². The van der Waals surface area contributed by atoms with Crippen molar-refractivity contribution in [3.63, 3.8) is 0 Å². The van der Waals surface area contributed by atoms with Gasteiger partial charge in [-0.2, -0.15) is 0 Å². The molecule has 406 valence electrons. The quantitative estimate of drug-likeness (QED) is 0.0772. The molecule has 84 heavy (non-hydrogen) atoms. The van der Waals surface area contributed by atoms with Gasteiger partial charge >= 0.3 is 22.7 Å². The van der Waals surface area contributed by atoms with Crippen LogP contribution in [0.3, 0.4) is 0 Å². The van der Waals surface area contributed by atoms with Gasteiger partial charge in [-0.15, -0.1) is 0 Å². The van der Waals surface area contributed by atoms with Crippen LogP contribution in [0.25, 0.3) is 90.9 Å². The average Bonchev–Trinajstić information content (AvgIpc) is 3.71. The number of fused-ring (bicyclic) bond motifs is 16. The van der Waals surface area contributed by atoms with Gasteiger partial charge in [0.1, 0.15) is 41.4 Å². The first-order valence-electron chi connectivity index (χ1n) is 25.6. The topological polar surface area (TPSA) is 284 Å². The number of nitrogens with zero attached hydrogens (tertiary/aromatic N) is 6. The molecule has 2 N–H and O–H groups in total. The fourth-order valence-corrected chi connectivity index (χ4v) is 10.3. The van der Waals surface area contributed by atoms with Crippen LogP contribution in [0.2, 0.25) is 0 Å². The van der Waals surface area contributed by atoms with Crippen LogP contribution in [0.5, 0.6) is 46.0 Å². The van der Waals surface area contributed by atoms with Gasteiger partial charge in [-0.25, -0.2) is 9.97 Å². The standard InChI is InChI=1S/C63H36N8O13/c72-34-35-24-40-28-41(25-35)82-57-33-59(55(71(79)80)31-53(57)69(75)76)84-43-27-39(26-42(29-43)83-58-32-56(81-40)52(68(73)74)30-54(58)70(77)78)63-50-22-20-48(66-50)61(37-12-6-2-7-13-37)46-18-16-44(64-46)60(36-10-4-1-5-11-36)45-17-19-47(65-45)62(38-14-8-3-9-15-38)49-21-23-51(63)67-49/h1-34,64,67H. The molecule has 3 aliphatic rings. The number of benzene rings is 7. The van der Waals surface area contributed by atoms with Crippen molar-refractivity contribution in [2.75, 3.05) is 0 Å². The van der Waals surface area contributed by atoms with E-state index in [0.717, 1.165) is 74.7 Å². The summed E-state index contributed by atoms with van der Waals surface area (Å²) in [6.07, 6.45) is 7.96. The molecule has 0 radical (unpaired) electrons. The number of carbonyl (C=O) groups excluding carboxylic acids is 1. The third-order valence-electron chi connectivity index (χ3n) is 13.9. The Morgan fingerprint density at radius 2 is 0.631 bits per heavy atom. The molecule has 0 fully saturated rings. The van der Waals surface area contributed by atoms with E-state index in [9.17, 15) is 45.3 Å². The van der Waals surface area contributed by atoms with E-state index < -0.39 is 65.4 Å². The predicted molar refractivity (Wildman–Crippen MR) is 312 cm³/mol. The number of rotatable bonds is 9. The van der Waals surface area contributed by atoms with Crippen LogP contribution in [0.1, 0.15) is 33.1 Å². The third kappa shape index (κ3) is 9.51. The van der Waals surface area contributed by atoms with Gasteiger partial charge in [0.2, 0.25) is 23.0 Å². The molecule has 0 amide bonds. The molecule has 0 spiro atoms. The average molecular weight is 1110 g/mol. The maximum atomic E-state index is 12.9. The van der Waals surface area contributed by atoms with Crippen molar-refractivity contribution < 1.29 is 43.4 Å². The van der Waals surface area contributed by atoms with Crippen LogP contribution in [-0.4, -0.2) is 45.9 Å². The minimum absolute atomic E-state index is 0.135.